The Hall–Kier alpha value is -1.75. The summed E-state index contributed by atoms with van der Waals surface area (Å²) in [5.74, 6) is 0.0996. The SMILES string of the molecule is COc1ccc([C@@H]2CN(C(C)(C)C)C[C@H]2C(=O)O)cc1OC. The second kappa shape index (κ2) is 6.16. The average molecular weight is 307 g/mol. The first kappa shape index (κ1) is 16.6. The Kier molecular flexibility index (Phi) is 4.66. The second-order valence-electron chi connectivity index (χ2n) is 6.74. The molecule has 2 atom stereocenters. The number of carboxylic acid groups (broad SMARTS) is 1. The van der Waals surface area contributed by atoms with Crippen LogP contribution < -0.4 is 9.47 Å². The van der Waals surface area contributed by atoms with Crippen molar-refractivity contribution in [3.05, 3.63) is 23.8 Å². The predicted molar refractivity (Wildman–Crippen MR) is 84.7 cm³/mol. The zero-order valence-corrected chi connectivity index (χ0v) is 13.9. The molecule has 1 fully saturated rings. The van der Waals surface area contributed by atoms with Crippen LogP contribution in [0.25, 0.3) is 0 Å². The Balaban J connectivity index is 2.35. The standard InChI is InChI=1S/C17H25NO4/c1-17(2,3)18-9-12(13(10-18)16(19)20)11-6-7-14(21-4)15(8-11)22-5/h6-8,12-13H,9-10H2,1-5H3,(H,19,20)/t12-,13+/m0/s1. The first-order valence-electron chi connectivity index (χ1n) is 7.47. The molecule has 0 radical (unpaired) electrons. The molecule has 1 aromatic carbocycles. The number of hydrogen-bond donors (Lipinski definition) is 1. The Bertz CT molecular complexity index is 550. The summed E-state index contributed by atoms with van der Waals surface area (Å²) < 4.78 is 10.6. The predicted octanol–water partition coefficient (Wildman–Crippen LogP) is 2.60. The number of hydrogen-bond acceptors (Lipinski definition) is 4. The van der Waals surface area contributed by atoms with Crippen molar-refractivity contribution in [3.8, 4) is 11.5 Å². The van der Waals surface area contributed by atoms with E-state index in [9.17, 15) is 9.90 Å². The summed E-state index contributed by atoms with van der Waals surface area (Å²) in [5.41, 5.74) is 0.940. The summed E-state index contributed by atoms with van der Waals surface area (Å²) in [6, 6.07) is 5.67. The monoisotopic (exact) mass is 307 g/mol. The maximum atomic E-state index is 11.7. The lowest BCUT2D eigenvalue weighted by atomic mass is 9.89. The molecule has 1 saturated heterocycles. The van der Waals surface area contributed by atoms with E-state index in [1.807, 2.05) is 18.2 Å². The molecule has 0 unspecified atom stereocenters. The third kappa shape index (κ3) is 3.19. The van der Waals surface area contributed by atoms with Gasteiger partial charge in [0, 0.05) is 24.5 Å². The smallest absolute Gasteiger partial charge is 0.308 e. The summed E-state index contributed by atoms with van der Waals surface area (Å²) in [6.07, 6.45) is 0. The molecule has 2 rings (SSSR count). The van der Waals surface area contributed by atoms with Gasteiger partial charge in [0.15, 0.2) is 11.5 Å². The van der Waals surface area contributed by atoms with Crippen LogP contribution in [0.3, 0.4) is 0 Å². The molecule has 5 nitrogen and oxygen atoms in total. The number of methoxy groups -OCH3 is 2. The van der Waals surface area contributed by atoms with Crippen molar-refractivity contribution in [1.82, 2.24) is 4.90 Å². The molecule has 1 aliphatic heterocycles. The zero-order valence-electron chi connectivity index (χ0n) is 13.9. The molecule has 1 N–H and O–H groups in total. The summed E-state index contributed by atoms with van der Waals surface area (Å²) >= 11 is 0. The van der Waals surface area contributed by atoms with E-state index < -0.39 is 11.9 Å². The number of carboxylic acids is 1. The highest BCUT2D eigenvalue weighted by Crippen LogP contribution is 2.39. The molecule has 0 spiro atoms. The van der Waals surface area contributed by atoms with E-state index in [2.05, 4.69) is 25.7 Å². The molecule has 5 heteroatoms. The lowest BCUT2D eigenvalue weighted by Gasteiger charge is -2.31. The fraction of sp³-hybridized carbons (Fsp3) is 0.588. The van der Waals surface area contributed by atoms with Crippen LogP contribution in [-0.4, -0.2) is 48.8 Å². The topological polar surface area (TPSA) is 59.0 Å². The highest BCUT2D eigenvalue weighted by Gasteiger charge is 2.42. The zero-order chi connectivity index (χ0) is 16.5. The van der Waals surface area contributed by atoms with Crippen molar-refractivity contribution in [2.45, 2.75) is 32.2 Å². The first-order chi connectivity index (χ1) is 10.3. The number of nitrogens with zero attached hydrogens (tertiary/aromatic N) is 1. The van der Waals surface area contributed by atoms with Gasteiger partial charge in [0.05, 0.1) is 20.1 Å². The molecule has 122 valence electrons. The molecule has 1 heterocycles. The lowest BCUT2D eigenvalue weighted by molar-refractivity contribution is -0.141. The maximum Gasteiger partial charge on any atom is 0.308 e. The number of benzene rings is 1. The van der Waals surface area contributed by atoms with E-state index in [4.69, 9.17) is 9.47 Å². The van der Waals surface area contributed by atoms with Crippen LogP contribution in [0, 0.1) is 5.92 Å². The van der Waals surface area contributed by atoms with Gasteiger partial charge in [0.2, 0.25) is 0 Å². The number of aliphatic carboxylic acids is 1. The van der Waals surface area contributed by atoms with E-state index in [-0.39, 0.29) is 11.5 Å². The van der Waals surface area contributed by atoms with Gasteiger partial charge in [-0.2, -0.15) is 0 Å². The van der Waals surface area contributed by atoms with Gasteiger partial charge >= 0.3 is 5.97 Å². The fourth-order valence-corrected chi connectivity index (χ4v) is 3.02. The van der Waals surface area contributed by atoms with Crippen molar-refractivity contribution >= 4 is 5.97 Å². The van der Waals surface area contributed by atoms with E-state index in [0.29, 0.717) is 18.0 Å². The summed E-state index contributed by atoms with van der Waals surface area (Å²) in [4.78, 5) is 13.9. The van der Waals surface area contributed by atoms with Crippen LogP contribution in [0.1, 0.15) is 32.3 Å². The molecule has 0 saturated carbocycles. The van der Waals surface area contributed by atoms with Gasteiger partial charge in [-0.3, -0.25) is 9.69 Å². The average Bonchev–Trinajstić information content (AvgIpc) is 2.92. The molecule has 1 aromatic rings. The van der Waals surface area contributed by atoms with Crippen molar-refractivity contribution in [3.63, 3.8) is 0 Å². The number of rotatable bonds is 4. The second-order valence-corrected chi connectivity index (χ2v) is 6.74. The number of likely N-dealkylation sites (tertiary alicyclic amines) is 1. The van der Waals surface area contributed by atoms with Crippen molar-refractivity contribution in [2.75, 3.05) is 27.3 Å². The molecule has 0 bridgehead atoms. The third-order valence-electron chi connectivity index (χ3n) is 4.42. The summed E-state index contributed by atoms with van der Waals surface area (Å²) in [6.45, 7) is 7.64. The van der Waals surface area contributed by atoms with E-state index >= 15 is 0 Å². The van der Waals surface area contributed by atoms with Gasteiger partial charge in [-0.25, -0.2) is 0 Å². The lowest BCUT2D eigenvalue weighted by Crippen LogP contribution is -2.40. The fourth-order valence-electron chi connectivity index (χ4n) is 3.02. The Morgan fingerprint density at radius 1 is 1.18 bits per heavy atom. The van der Waals surface area contributed by atoms with Gasteiger partial charge in [-0.05, 0) is 38.5 Å². The van der Waals surface area contributed by atoms with Crippen LogP contribution >= 0.6 is 0 Å². The van der Waals surface area contributed by atoms with E-state index in [0.717, 1.165) is 12.1 Å². The van der Waals surface area contributed by atoms with E-state index in [1.54, 1.807) is 14.2 Å². The van der Waals surface area contributed by atoms with Crippen molar-refractivity contribution in [1.29, 1.82) is 0 Å². The number of ether oxygens (including phenoxy) is 2. The van der Waals surface area contributed by atoms with Gasteiger partial charge in [0.25, 0.3) is 0 Å². The van der Waals surface area contributed by atoms with Crippen LogP contribution in [0.5, 0.6) is 11.5 Å². The van der Waals surface area contributed by atoms with Crippen LogP contribution in [0.2, 0.25) is 0 Å². The minimum atomic E-state index is -0.744. The third-order valence-corrected chi connectivity index (χ3v) is 4.42. The van der Waals surface area contributed by atoms with Crippen LogP contribution in [0.15, 0.2) is 18.2 Å². The highest BCUT2D eigenvalue weighted by molar-refractivity contribution is 5.72. The van der Waals surface area contributed by atoms with Crippen molar-refractivity contribution < 1.29 is 19.4 Å². The van der Waals surface area contributed by atoms with Gasteiger partial charge in [-0.15, -0.1) is 0 Å². The number of carbonyl (C=O) groups is 1. The van der Waals surface area contributed by atoms with Gasteiger partial charge in [0.1, 0.15) is 0 Å². The molecule has 22 heavy (non-hydrogen) atoms. The minimum Gasteiger partial charge on any atom is -0.493 e. The van der Waals surface area contributed by atoms with Crippen LogP contribution in [0.4, 0.5) is 0 Å². The largest absolute Gasteiger partial charge is 0.493 e. The molecule has 0 aromatic heterocycles. The molecule has 1 aliphatic rings. The molecule has 0 aliphatic carbocycles. The van der Waals surface area contributed by atoms with E-state index in [1.165, 1.54) is 0 Å². The Morgan fingerprint density at radius 2 is 1.82 bits per heavy atom. The molecule has 0 amide bonds. The van der Waals surface area contributed by atoms with Crippen molar-refractivity contribution in [2.24, 2.45) is 5.92 Å². The Morgan fingerprint density at radius 3 is 2.32 bits per heavy atom. The van der Waals surface area contributed by atoms with Crippen LogP contribution in [-0.2, 0) is 4.79 Å². The molecular formula is C17H25NO4. The van der Waals surface area contributed by atoms with Gasteiger partial charge < -0.3 is 14.6 Å². The summed E-state index contributed by atoms with van der Waals surface area (Å²) in [5, 5.41) is 9.57. The first-order valence-corrected chi connectivity index (χ1v) is 7.47. The normalized spacial score (nSPS) is 22.6. The molecular weight excluding hydrogens is 282 g/mol. The Labute approximate surface area is 131 Å². The maximum absolute atomic E-state index is 11.7. The highest BCUT2D eigenvalue weighted by atomic mass is 16.5. The quantitative estimate of drug-likeness (QED) is 0.926. The van der Waals surface area contributed by atoms with Gasteiger partial charge in [-0.1, -0.05) is 6.07 Å². The minimum absolute atomic E-state index is 0.0427. The summed E-state index contributed by atoms with van der Waals surface area (Å²) in [7, 11) is 3.18.